The summed E-state index contributed by atoms with van der Waals surface area (Å²) in [6, 6.07) is 8.23. The van der Waals surface area contributed by atoms with Crippen molar-refractivity contribution in [1.82, 2.24) is 4.90 Å². The Balaban J connectivity index is 1.81. The third kappa shape index (κ3) is 3.34. The number of aliphatic carboxylic acids is 1. The zero-order chi connectivity index (χ0) is 14.0. The summed E-state index contributed by atoms with van der Waals surface area (Å²) in [5.41, 5.74) is 2.41. The summed E-state index contributed by atoms with van der Waals surface area (Å²) < 4.78 is 0. The second-order valence-corrected chi connectivity index (χ2v) is 5.28. The van der Waals surface area contributed by atoms with Crippen molar-refractivity contribution in [2.75, 3.05) is 13.6 Å². The van der Waals surface area contributed by atoms with Crippen LogP contribution in [0.4, 0.5) is 0 Å². The molecule has 0 saturated heterocycles. The number of carbonyl (C=O) groups excluding carboxylic acids is 1. The Morgan fingerprint density at radius 2 is 1.89 bits per heavy atom. The van der Waals surface area contributed by atoms with E-state index in [1.807, 2.05) is 6.92 Å². The molecule has 0 heterocycles. The molecule has 1 amide bonds. The highest BCUT2D eigenvalue weighted by molar-refractivity contribution is 5.89. The van der Waals surface area contributed by atoms with Crippen molar-refractivity contribution in [3.05, 3.63) is 35.4 Å². The second-order valence-electron chi connectivity index (χ2n) is 5.28. The van der Waals surface area contributed by atoms with Gasteiger partial charge in [-0.2, -0.15) is 0 Å². The number of hydrogen-bond donors (Lipinski definition) is 1. The smallest absolute Gasteiger partial charge is 0.307 e. The largest absolute Gasteiger partial charge is 0.481 e. The summed E-state index contributed by atoms with van der Waals surface area (Å²) in [6.07, 6.45) is 1.29. The number of carboxylic acid groups (broad SMARTS) is 1. The van der Waals surface area contributed by atoms with Gasteiger partial charge in [-0.3, -0.25) is 9.59 Å². The van der Waals surface area contributed by atoms with Gasteiger partial charge in [0.1, 0.15) is 0 Å². The molecule has 1 N–H and O–H groups in total. The van der Waals surface area contributed by atoms with Crippen LogP contribution in [0.2, 0.25) is 0 Å². The van der Waals surface area contributed by atoms with Crippen molar-refractivity contribution in [1.29, 1.82) is 0 Å². The number of rotatable bonds is 5. The molecule has 0 aromatic heterocycles. The Kier molecular flexibility index (Phi) is 3.88. The van der Waals surface area contributed by atoms with Gasteiger partial charge in [0, 0.05) is 13.6 Å². The van der Waals surface area contributed by atoms with Gasteiger partial charge >= 0.3 is 5.97 Å². The third-order valence-corrected chi connectivity index (χ3v) is 3.66. The van der Waals surface area contributed by atoms with Gasteiger partial charge < -0.3 is 10.0 Å². The van der Waals surface area contributed by atoms with Crippen molar-refractivity contribution in [3.8, 4) is 0 Å². The van der Waals surface area contributed by atoms with Crippen LogP contribution in [-0.2, 0) is 16.0 Å². The van der Waals surface area contributed by atoms with Crippen molar-refractivity contribution in [3.63, 3.8) is 0 Å². The Bertz CT molecular complexity index is 481. The number of amides is 1. The van der Waals surface area contributed by atoms with Crippen LogP contribution in [-0.4, -0.2) is 35.5 Å². The summed E-state index contributed by atoms with van der Waals surface area (Å²) in [5.74, 6) is -1.67. The molecule has 4 heteroatoms. The van der Waals surface area contributed by atoms with Gasteiger partial charge in [-0.25, -0.2) is 0 Å². The second kappa shape index (κ2) is 5.43. The molecule has 1 aliphatic carbocycles. The van der Waals surface area contributed by atoms with Crippen LogP contribution in [0.25, 0.3) is 0 Å². The first-order valence-electron chi connectivity index (χ1n) is 6.52. The molecule has 0 bridgehead atoms. The SMILES string of the molecule is Cc1ccc(CCN(C)C(=O)C2CC2C(=O)O)cc1. The quantitative estimate of drug-likeness (QED) is 0.878. The third-order valence-electron chi connectivity index (χ3n) is 3.66. The lowest BCUT2D eigenvalue weighted by molar-refractivity contribution is -0.141. The van der Waals surface area contributed by atoms with Crippen LogP contribution in [0.15, 0.2) is 24.3 Å². The molecular weight excluding hydrogens is 242 g/mol. The number of likely N-dealkylation sites (N-methyl/N-ethyl adjacent to an activating group) is 1. The average molecular weight is 261 g/mol. The van der Waals surface area contributed by atoms with E-state index >= 15 is 0 Å². The summed E-state index contributed by atoms with van der Waals surface area (Å²) in [6.45, 7) is 2.67. The number of hydrogen-bond acceptors (Lipinski definition) is 2. The highest BCUT2D eigenvalue weighted by atomic mass is 16.4. The van der Waals surface area contributed by atoms with E-state index in [-0.39, 0.29) is 11.8 Å². The Hall–Kier alpha value is -1.84. The molecule has 0 radical (unpaired) electrons. The Labute approximate surface area is 113 Å². The molecular formula is C15H19NO3. The molecule has 4 nitrogen and oxygen atoms in total. The standard InChI is InChI=1S/C15H19NO3/c1-10-3-5-11(6-4-10)7-8-16(2)14(17)12-9-13(12)15(18)19/h3-6,12-13H,7-9H2,1-2H3,(H,18,19). The van der Waals surface area contributed by atoms with Crippen LogP contribution < -0.4 is 0 Å². The number of carbonyl (C=O) groups is 2. The zero-order valence-corrected chi connectivity index (χ0v) is 11.3. The highest BCUT2D eigenvalue weighted by Crippen LogP contribution is 2.39. The van der Waals surface area contributed by atoms with Crippen LogP contribution >= 0.6 is 0 Å². The summed E-state index contributed by atoms with van der Waals surface area (Å²) in [5, 5.41) is 8.82. The van der Waals surface area contributed by atoms with Crippen LogP contribution in [0.1, 0.15) is 17.5 Å². The van der Waals surface area contributed by atoms with Crippen LogP contribution in [0.5, 0.6) is 0 Å². The molecule has 2 rings (SSSR count). The molecule has 0 aliphatic heterocycles. The maximum absolute atomic E-state index is 12.0. The first-order chi connectivity index (χ1) is 8.99. The fourth-order valence-electron chi connectivity index (χ4n) is 2.19. The summed E-state index contributed by atoms with van der Waals surface area (Å²) >= 11 is 0. The number of nitrogens with zero attached hydrogens (tertiary/aromatic N) is 1. The zero-order valence-electron chi connectivity index (χ0n) is 11.3. The Morgan fingerprint density at radius 3 is 2.42 bits per heavy atom. The lowest BCUT2D eigenvalue weighted by Gasteiger charge is -2.17. The van der Waals surface area contributed by atoms with E-state index in [1.54, 1.807) is 11.9 Å². The van der Waals surface area contributed by atoms with Crippen molar-refractivity contribution < 1.29 is 14.7 Å². The van der Waals surface area contributed by atoms with Gasteiger partial charge in [0.25, 0.3) is 0 Å². The van der Waals surface area contributed by atoms with Gasteiger partial charge in [-0.1, -0.05) is 29.8 Å². The first kappa shape index (κ1) is 13.6. The maximum atomic E-state index is 12.0. The molecule has 1 aromatic carbocycles. The normalized spacial score (nSPS) is 20.9. The lowest BCUT2D eigenvalue weighted by atomic mass is 10.1. The molecule has 2 atom stereocenters. The van der Waals surface area contributed by atoms with Gasteiger partial charge in [0.15, 0.2) is 0 Å². The minimum atomic E-state index is -0.856. The maximum Gasteiger partial charge on any atom is 0.307 e. The monoisotopic (exact) mass is 261 g/mol. The topological polar surface area (TPSA) is 57.6 Å². The minimum absolute atomic E-state index is 0.0421. The predicted octanol–water partition coefficient (Wildman–Crippen LogP) is 1.72. The number of carboxylic acids is 1. The lowest BCUT2D eigenvalue weighted by Crippen LogP contribution is -2.31. The molecule has 1 aliphatic rings. The van der Waals surface area contributed by atoms with Gasteiger partial charge in [-0.05, 0) is 25.3 Å². The molecule has 1 saturated carbocycles. The molecule has 19 heavy (non-hydrogen) atoms. The number of benzene rings is 1. The van der Waals surface area contributed by atoms with E-state index in [1.165, 1.54) is 11.1 Å². The van der Waals surface area contributed by atoms with Crippen LogP contribution in [0, 0.1) is 18.8 Å². The van der Waals surface area contributed by atoms with Gasteiger partial charge in [-0.15, -0.1) is 0 Å². The fraction of sp³-hybridized carbons (Fsp3) is 0.467. The van der Waals surface area contributed by atoms with E-state index in [0.717, 1.165) is 6.42 Å². The van der Waals surface area contributed by atoms with Crippen molar-refractivity contribution in [2.24, 2.45) is 11.8 Å². The minimum Gasteiger partial charge on any atom is -0.481 e. The molecule has 1 aromatic rings. The summed E-state index contributed by atoms with van der Waals surface area (Å²) in [7, 11) is 1.74. The van der Waals surface area contributed by atoms with Gasteiger partial charge in [0.05, 0.1) is 11.8 Å². The van der Waals surface area contributed by atoms with E-state index in [0.29, 0.717) is 13.0 Å². The molecule has 102 valence electrons. The molecule has 0 spiro atoms. The average Bonchev–Trinajstić information content (AvgIpc) is 3.17. The number of aryl methyl sites for hydroxylation is 1. The van der Waals surface area contributed by atoms with E-state index < -0.39 is 11.9 Å². The van der Waals surface area contributed by atoms with E-state index in [9.17, 15) is 9.59 Å². The van der Waals surface area contributed by atoms with Gasteiger partial charge in [0.2, 0.25) is 5.91 Å². The highest BCUT2D eigenvalue weighted by Gasteiger charge is 2.49. The van der Waals surface area contributed by atoms with Crippen molar-refractivity contribution in [2.45, 2.75) is 19.8 Å². The Morgan fingerprint density at radius 1 is 1.26 bits per heavy atom. The van der Waals surface area contributed by atoms with E-state index in [4.69, 9.17) is 5.11 Å². The fourth-order valence-corrected chi connectivity index (χ4v) is 2.19. The molecule has 2 unspecified atom stereocenters. The van der Waals surface area contributed by atoms with E-state index in [2.05, 4.69) is 24.3 Å². The van der Waals surface area contributed by atoms with Crippen LogP contribution in [0.3, 0.4) is 0 Å². The summed E-state index contributed by atoms with van der Waals surface area (Å²) in [4.78, 5) is 24.3. The first-order valence-corrected chi connectivity index (χ1v) is 6.52. The van der Waals surface area contributed by atoms with Crippen molar-refractivity contribution >= 4 is 11.9 Å². The predicted molar refractivity (Wildman–Crippen MR) is 71.8 cm³/mol. The molecule has 1 fully saturated rings.